The Kier molecular flexibility index (Phi) is 4.98. The molecular formula is C21H18N2O2S. The van der Waals surface area contributed by atoms with Crippen molar-refractivity contribution in [2.45, 2.75) is 0 Å². The van der Waals surface area contributed by atoms with Crippen molar-refractivity contribution in [3.05, 3.63) is 85.2 Å². The van der Waals surface area contributed by atoms with Gasteiger partial charge in [0.25, 0.3) is 5.19 Å². The Hall–Kier alpha value is -3.05. The van der Waals surface area contributed by atoms with Crippen LogP contribution >= 0.6 is 11.3 Å². The second kappa shape index (κ2) is 7.89. The summed E-state index contributed by atoms with van der Waals surface area (Å²) < 4.78 is 12.8. The number of fused-ring (bicyclic) bond motifs is 1. The quantitative estimate of drug-likeness (QED) is 0.591. The summed E-state index contributed by atoms with van der Waals surface area (Å²) in [5, 5.41) is 0.646. The molecule has 0 amide bonds. The first-order chi connectivity index (χ1) is 12.9. The highest BCUT2D eigenvalue weighted by molar-refractivity contribution is 7.20. The summed E-state index contributed by atoms with van der Waals surface area (Å²) in [4.78, 5) is 6.57. The molecule has 4 nitrogen and oxygen atoms in total. The SMILES string of the molecule is C1=CC=CN(CCOc2ccc(Oc3nc4ccccc4s3)cc2)C=C1. The molecule has 2 aromatic carbocycles. The third-order valence-corrected chi connectivity index (χ3v) is 4.72. The monoisotopic (exact) mass is 362 g/mol. The Morgan fingerprint density at radius 1 is 0.846 bits per heavy atom. The molecule has 1 aliphatic heterocycles. The van der Waals surface area contributed by atoms with Crippen LogP contribution in [0.4, 0.5) is 0 Å². The molecule has 26 heavy (non-hydrogen) atoms. The molecule has 1 aromatic heterocycles. The van der Waals surface area contributed by atoms with E-state index >= 15 is 0 Å². The van der Waals surface area contributed by atoms with Crippen LogP contribution in [0.1, 0.15) is 0 Å². The van der Waals surface area contributed by atoms with Gasteiger partial charge in [-0.1, -0.05) is 35.6 Å². The molecule has 5 heteroatoms. The average molecular weight is 362 g/mol. The predicted molar refractivity (Wildman–Crippen MR) is 106 cm³/mol. The van der Waals surface area contributed by atoms with Crippen molar-refractivity contribution in [2.75, 3.05) is 13.2 Å². The van der Waals surface area contributed by atoms with Gasteiger partial charge in [-0.3, -0.25) is 0 Å². The Bertz CT molecular complexity index is 909. The first kappa shape index (κ1) is 16.4. The van der Waals surface area contributed by atoms with Gasteiger partial charge in [0, 0.05) is 12.4 Å². The van der Waals surface area contributed by atoms with Gasteiger partial charge < -0.3 is 14.4 Å². The number of thiazole rings is 1. The maximum atomic E-state index is 5.85. The lowest BCUT2D eigenvalue weighted by atomic mass is 10.3. The van der Waals surface area contributed by atoms with Gasteiger partial charge in [-0.2, -0.15) is 0 Å². The summed E-state index contributed by atoms with van der Waals surface area (Å²) in [6.45, 7) is 1.39. The van der Waals surface area contributed by atoms with E-state index in [-0.39, 0.29) is 0 Å². The van der Waals surface area contributed by atoms with Gasteiger partial charge in [-0.05, 0) is 48.6 Å². The van der Waals surface area contributed by atoms with Crippen molar-refractivity contribution >= 4 is 21.6 Å². The highest BCUT2D eigenvalue weighted by Crippen LogP contribution is 2.31. The van der Waals surface area contributed by atoms with E-state index in [0.29, 0.717) is 11.8 Å². The van der Waals surface area contributed by atoms with Gasteiger partial charge >= 0.3 is 0 Å². The van der Waals surface area contributed by atoms with Gasteiger partial charge in [-0.25, -0.2) is 4.98 Å². The van der Waals surface area contributed by atoms with E-state index in [1.165, 1.54) is 11.3 Å². The Balaban J connectivity index is 1.31. The lowest BCUT2D eigenvalue weighted by Crippen LogP contribution is -2.17. The van der Waals surface area contributed by atoms with Gasteiger partial charge in [0.2, 0.25) is 0 Å². The third kappa shape index (κ3) is 4.13. The van der Waals surface area contributed by atoms with E-state index < -0.39 is 0 Å². The van der Waals surface area contributed by atoms with E-state index in [4.69, 9.17) is 9.47 Å². The van der Waals surface area contributed by atoms with E-state index in [1.807, 2.05) is 85.2 Å². The maximum Gasteiger partial charge on any atom is 0.279 e. The molecule has 1 aliphatic rings. The molecule has 0 unspecified atom stereocenters. The Labute approximate surface area is 156 Å². The van der Waals surface area contributed by atoms with E-state index in [0.717, 1.165) is 28.3 Å². The molecule has 0 saturated heterocycles. The van der Waals surface area contributed by atoms with Crippen molar-refractivity contribution in [2.24, 2.45) is 0 Å². The number of hydrogen-bond acceptors (Lipinski definition) is 5. The molecule has 4 rings (SSSR count). The minimum Gasteiger partial charge on any atom is -0.492 e. The number of hydrogen-bond donors (Lipinski definition) is 0. The van der Waals surface area contributed by atoms with Crippen molar-refractivity contribution in [1.29, 1.82) is 0 Å². The van der Waals surface area contributed by atoms with Gasteiger partial charge in [0.1, 0.15) is 18.1 Å². The molecule has 0 radical (unpaired) electrons. The van der Waals surface area contributed by atoms with E-state index in [1.54, 1.807) is 0 Å². The molecule has 3 aromatic rings. The highest BCUT2D eigenvalue weighted by atomic mass is 32.1. The molecule has 0 aliphatic carbocycles. The standard InChI is InChI=1S/C21H18N2O2S/c1-2-6-14-23(13-5-1)15-16-24-17-9-11-18(12-10-17)25-21-22-19-7-3-4-8-20(19)26-21/h1-14H,15-16H2. The van der Waals surface area contributed by atoms with Crippen LogP contribution in [-0.2, 0) is 0 Å². The summed E-state index contributed by atoms with van der Waals surface area (Å²) in [6, 6.07) is 15.6. The molecule has 0 fully saturated rings. The number of allylic oxidation sites excluding steroid dienone is 4. The van der Waals surface area contributed by atoms with Crippen LogP contribution in [-0.4, -0.2) is 23.0 Å². The molecule has 2 heterocycles. The average Bonchev–Trinajstić information content (AvgIpc) is 2.89. The van der Waals surface area contributed by atoms with Crippen molar-refractivity contribution in [1.82, 2.24) is 9.88 Å². The zero-order chi connectivity index (χ0) is 17.6. The number of aromatic nitrogens is 1. The fourth-order valence-corrected chi connectivity index (χ4v) is 3.35. The molecule has 130 valence electrons. The summed E-state index contributed by atoms with van der Waals surface area (Å²) in [5.74, 6) is 1.57. The van der Waals surface area contributed by atoms with Crippen LogP contribution in [0.15, 0.2) is 85.2 Å². The molecule has 0 bridgehead atoms. The van der Waals surface area contributed by atoms with Crippen molar-refractivity contribution < 1.29 is 9.47 Å². The normalized spacial score (nSPS) is 13.2. The van der Waals surface area contributed by atoms with E-state index in [9.17, 15) is 0 Å². The molecular weight excluding hydrogens is 344 g/mol. The number of para-hydroxylation sites is 1. The van der Waals surface area contributed by atoms with Crippen LogP contribution in [0.5, 0.6) is 16.7 Å². The van der Waals surface area contributed by atoms with Crippen LogP contribution in [0, 0.1) is 0 Å². The van der Waals surface area contributed by atoms with Crippen LogP contribution < -0.4 is 9.47 Å². The minimum absolute atomic E-state index is 0.604. The van der Waals surface area contributed by atoms with Crippen LogP contribution in [0.2, 0.25) is 0 Å². The second-order valence-corrected chi connectivity index (χ2v) is 6.67. The predicted octanol–water partition coefficient (Wildman–Crippen LogP) is 5.37. The third-order valence-electron chi connectivity index (χ3n) is 3.81. The topological polar surface area (TPSA) is 34.6 Å². The fraction of sp³-hybridized carbons (Fsp3) is 0.0952. The zero-order valence-corrected chi connectivity index (χ0v) is 14.9. The van der Waals surface area contributed by atoms with E-state index in [2.05, 4.69) is 9.88 Å². The lowest BCUT2D eigenvalue weighted by Gasteiger charge is -2.15. The smallest absolute Gasteiger partial charge is 0.279 e. The van der Waals surface area contributed by atoms with Gasteiger partial charge in [0.15, 0.2) is 0 Å². The van der Waals surface area contributed by atoms with Crippen LogP contribution in [0.25, 0.3) is 10.2 Å². The maximum absolute atomic E-state index is 5.85. The summed E-state index contributed by atoms with van der Waals surface area (Å²) in [7, 11) is 0. The second-order valence-electron chi connectivity index (χ2n) is 5.68. The number of ether oxygens (including phenoxy) is 2. The molecule has 0 saturated carbocycles. The molecule has 0 N–H and O–H groups in total. The minimum atomic E-state index is 0.604. The number of rotatable bonds is 6. The summed E-state index contributed by atoms with van der Waals surface area (Å²) in [5.41, 5.74) is 0.958. The number of benzene rings is 2. The fourth-order valence-electron chi connectivity index (χ4n) is 2.52. The van der Waals surface area contributed by atoms with Crippen molar-refractivity contribution in [3.8, 4) is 16.7 Å². The van der Waals surface area contributed by atoms with Crippen LogP contribution in [0.3, 0.4) is 0 Å². The first-order valence-corrected chi connectivity index (χ1v) is 9.22. The van der Waals surface area contributed by atoms with Gasteiger partial charge in [0.05, 0.1) is 16.8 Å². The summed E-state index contributed by atoms with van der Waals surface area (Å²) >= 11 is 1.54. The molecule has 0 atom stereocenters. The summed E-state index contributed by atoms with van der Waals surface area (Å²) in [6.07, 6.45) is 12.1. The molecule has 0 spiro atoms. The van der Waals surface area contributed by atoms with Gasteiger partial charge in [-0.15, -0.1) is 0 Å². The Morgan fingerprint density at radius 2 is 1.58 bits per heavy atom. The van der Waals surface area contributed by atoms with Crippen molar-refractivity contribution in [3.63, 3.8) is 0 Å². The lowest BCUT2D eigenvalue weighted by molar-refractivity contribution is 0.283. The zero-order valence-electron chi connectivity index (χ0n) is 14.1. The highest BCUT2D eigenvalue weighted by Gasteiger charge is 2.06. The Morgan fingerprint density at radius 3 is 2.35 bits per heavy atom. The first-order valence-electron chi connectivity index (χ1n) is 8.40. The number of nitrogens with zero attached hydrogens (tertiary/aromatic N) is 2. The largest absolute Gasteiger partial charge is 0.492 e.